The molecule has 1 aromatic heterocycles. The number of fused-ring (bicyclic) bond motifs is 1. The number of pyridine rings is 1. The molecule has 3 aromatic rings. The van der Waals surface area contributed by atoms with Crippen LogP contribution in [0.3, 0.4) is 0 Å². The van der Waals surface area contributed by atoms with E-state index in [0.717, 1.165) is 30.8 Å². The van der Waals surface area contributed by atoms with Gasteiger partial charge in [-0.3, -0.25) is 0 Å². The molecule has 4 rings (SSSR count). The lowest BCUT2D eigenvalue weighted by molar-refractivity contribution is 0.243. The van der Waals surface area contributed by atoms with Crippen LogP contribution in [0.5, 0.6) is 5.88 Å². The van der Waals surface area contributed by atoms with Crippen LogP contribution in [0.25, 0.3) is 0 Å². The van der Waals surface area contributed by atoms with Gasteiger partial charge < -0.3 is 9.75 Å². The highest BCUT2D eigenvalue weighted by molar-refractivity contribution is 5.47. The molecular formula is C22H23N3O. The molecule has 1 aliphatic heterocycles. The summed E-state index contributed by atoms with van der Waals surface area (Å²) in [6.45, 7) is 2.46. The van der Waals surface area contributed by atoms with Crippen LogP contribution in [0.1, 0.15) is 16.7 Å². The van der Waals surface area contributed by atoms with E-state index in [0.29, 0.717) is 12.5 Å². The minimum absolute atomic E-state index is 0.526. The van der Waals surface area contributed by atoms with Crippen molar-refractivity contribution in [1.82, 2.24) is 9.99 Å². The summed E-state index contributed by atoms with van der Waals surface area (Å²) in [6, 6.07) is 22.9. The molecule has 26 heavy (non-hydrogen) atoms. The van der Waals surface area contributed by atoms with Gasteiger partial charge in [0.05, 0.1) is 5.69 Å². The van der Waals surface area contributed by atoms with E-state index in [2.05, 4.69) is 58.4 Å². The first-order valence-electron chi connectivity index (χ1n) is 8.98. The Morgan fingerprint density at radius 3 is 2.62 bits per heavy atom. The van der Waals surface area contributed by atoms with E-state index in [-0.39, 0.29) is 0 Å². The number of hydrazine groups is 1. The van der Waals surface area contributed by atoms with Gasteiger partial charge in [-0.2, -0.15) is 0 Å². The lowest BCUT2D eigenvalue weighted by Crippen LogP contribution is -2.43. The average Bonchev–Trinajstić information content (AvgIpc) is 2.72. The van der Waals surface area contributed by atoms with Gasteiger partial charge in [-0.25, -0.2) is 9.99 Å². The summed E-state index contributed by atoms with van der Waals surface area (Å²) in [5.41, 5.74) is 5.09. The smallest absolute Gasteiger partial charge is 0.215 e. The number of anilines is 1. The summed E-state index contributed by atoms with van der Waals surface area (Å²) in [5, 5.41) is 4.56. The average molecular weight is 345 g/mol. The van der Waals surface area contributed by atoms with E-state index >= 15 is 0 Å². The molecule has 0 spiro atoms. The molecule has 0 saturated carbocycles. The molecule has 132 valence electrons. The molecule has 0 saturated heterocycles. The molecule has 4 heteroatoms. The van der Waals surface area contributed by atoms with E-state index < -0.39 is 0 Å². The highest BCUT2D eigenvalue weighted by Crippen LogP contribution is 2.24. The summed E-state index contributed by atoms with van der Waals surface area (Å²) in [5.74, 6) is 0.649. The van der Waals surface area contributed by atoms with Gasteiger partial charge in [0, 0.05) is 32.4 Å². The summed E-state index contributed by atoms with van der Waals surface area (Å²) in [6.07, 6.45) is 2.88. The summed E-state index contributed by atoms with van der Waals surface area (Å²) < 4.78 is 5.87. The van der Waals surface area contributed by atoms with E-state index in [9.17, 15) is 0 Å². The van der Waals surface area contributed by atoms with Gasteiger partial charge in [0.25, 0.3) is 0 Å². The van der Waals surface area contributed by atoms with Crippen molar-refractivity contribution in [3.8, 4) is 5.88 Å². The van der Waals surface area contributed by atoms with Crippen molar-refractivity contribution in [2.45, 2.75) is 19.6 Å². The molecule has 0 unspecified atom stereocenters. The topological polar surface area (TPSA) is 28.6 Å². The van der Waals surface area contributed by atoms with Crippen molar-refractivity contribution < 1.29 is 4.74 Å². The third kappa shape index (κ3) is 3.70. The second-order valence-electron chi connectivity index (χ2n) is 6.56. The summed E-state index contributed by atoms with van der Waals surface area (Å²) >= 11 is 0. The van der Waals surface area contributed by atoms with E-state index in [1.54, 1.807) is 0 Å². The maximum atomic E-state index is 5.87. The molecule has 0 N–H and O–H groups in total. The molecule has 0 fully saturated rings. The molecular weight excluding hydrogens is 322 g/mol. The fourth-order valence-corrected chi connectivity index (χ4v) is 3.31. The molecule has 0 aliphatic carbocycles. The van der Waals surface area contributed by atoms with Gasteiger partial charge in [0.2, 0.25) is 5.88 Å². The van der Waals surface area contributed by atoms with Crippen LogP contribution in [-0.4, -0.2) is 23.6 Å². The van der Waals surface area contributed by atoms with E-state index in [1.165, 1.54) is 11.1 Å². The number of nitrogens with zero attached hydrogens (tertiary/aromatic N) is 3. The molecule has 0 radical (unpaired) electrons. The van der Waals surface area contributed by atoms with Crippen molar-refractivity contribution in [3.63, 3.8) is 0 Å². The standard InChI is InChI=1S/C22H23N3O/c1-24(25-14-12-19-9-5-6-10-20(19)16-25)21-11-13-23-22(15-21)26-17-18-7-3-2-4-8-18/h2-11,13,15H,12,14,16-17H2,1H3. The first-order chi connectivity index (χ1) is 12.8. The first-order valence-corrected chi connectivity index (χ1v) is 8.98. The zero-order valence-corrected chi connectivity index (χ0v) is 15.0. The third-order valence-electron chi connectivity index (χ3n) is 4.86. The minimum Gasteiger partial charge on any atom is -0.473 e. The van der Waals surface area contributed by atoms with Crippen molar-refractivity contribution in [3.05, 3.63) is 89.6 Å². The van der Waals surface area contributed by atoms with E-state index in [1.807, 2.05) is 36.5 Å². The second-order valence-corrected chi connectivity index (χ2v) is 6.56. The lowest BCUT2D eigenvalue weighted by Gasteiger charge is -2.37. The highest BCUT2D eigenvalue weighted by atomic mass is 16.5. The number of rotatable bonds is 5. The van der Waals surface area contributed by atoms with Crippen LogP contribution < -0.4 is 9.75 Å². The van der Waals surface area contributed by atoms with Gasteiger partial charge in [-0.05, 0) is 29.2 Å². The summed E-state index contributed by atoms with van der Waals surface area (Å²) in [7, 11) is 2.10. The fourth-order valence-electron chi connectivity index (χ4n) is 3.31. The van der Waals surface area contributed by atoms with Crippen molar-refractivity contribution in [1.29, 1.82) is 0 Å². The Hall–Kier alpha value is -2.85. The molecule has 0 atom stereocenters. The maximum Gasteiger partial charge on any atom is 0.215 e. The third-order valence-corrected chi connectivity index (χ3v) is 4.86. The number of ether oxygens (including phenoxy) is 1. The Balaban J connectivity index is 1.44. The Morgan fingerprint density at radius 1 is 1.00 bits per heavy atom. The number of hydrogen-bond donors (Lipinski definition) is 0. The molecule has 4 nitrogen and oxygen atoms in total. The van der Waals surface area contributed by atoms with Gasteiger partial charge >= 0.3 is 0 Å². The monoisotopic (exact) mass is 345 g/mol. The molecule has 0 bridgehead atoms. The molecule has 0 amide bonds. The van der Waals surface area contributed by atoms with Gasteiger partial charge in [0.1, 0.15) is 6.61 Å². The van der Waals surface area contributed by atoms with Crippen LogP contribution in [0.2, 0.25) is 0 Å². The zero-order valence-electron chi connectivity index (χ0n) is 15.0. The zero-order chi connectivity index (χ0) is 17.8. The van der Waals surface area contributed by atoms with Crippen LogP contribution in [0.4, 0.5) is 5.69 Å². The Kier molecular flexibility index (Phi) is 4.84. The van der Waals surface area contributed by atoms with Crippen LogP contribution >= 0.6 is 0 Å². The SMILES string of the molecule is CN(c1ccnc(OCc2ccccc2)c1)N1CCc2ccccc2C1. The van der Waals surface area contributed by atoms with Crippen LogP contribution in [0, 0.1) is 0 Å². The molecule has 2 heterocycles. The highest BCUT2D eigenvalue weighted by Gasteiger charge is 2.19. The second kappa shape index (κ2) is 7.58. The fraction of sp³-hybridized carbons (Fsp3) is 0.227. The number of hydrogen-bond acceptors (Lipinski definition) is 4. The predicted octanol–water partition coefficient (Wildman–Crippen LogP) is 4.07. The quantitative estimate of drug-likeness (QED) is 0.697. The minimum atomic E-state index is 0.526. The molecule has 1 aliphatic rings. The van der Waals surface area contributed by atoms with Gasteiger partial charge in [-0.15, -0.1) is 0 Å². The largest absolute Gasteiger partial charge is 0.473 e. The number of benzene rings is 2. The van der Waals surface area contributed by atoms with Crippen molar-refractivity contribution in [2.24, 2.45) is 0 Å². The first kappa shape index (κ1) is 16.6. The van der Waals surface area contributed by atoms with E-state index in [4.69, 9.17) is 4.74 Å². The number of aromatic nitrogens is 1. The normalized spacial score (nSPS) is 13.9. The maximum absolute atomic E-state index is 5.87. The van der Waals surface area contributed by atoms with Gasteiger partial charge in [0.15, 0.2) is 0 Å². The van der Waals surface area contributed by atoms with Gasteiger partial charge in [-0.1, -0.05) is 54.6 Å². The Labute approximate surface area is 154 Å². The molecule has 2 aromatic carbocycles. The Bertz CT molecular complexity index is 866. The van der Waals surface area contributed by atoms with Crippen LogP contribution in [-0.2, 0) is 19.6 Å². The Morgan fingerprint density at radius 2 is 1.77 bits per heavy atom. The van der Waals surface area contributed by atoms with Crippen molar-refractivity contribution >= 4 is 5.69 Å². The predicted molar refractivity (Wildman–Crippen MR) is 104 cm³/mol. The summed E-state index contributed by atoms with van der Waals surface area (Å²) in [4.78, 5) is 4.35. The lowest BCUT2D eigenvalue weighted by atomic mass is 10.0. The van der Waals surface area contributed by atoms with Crippen LogP contribution in [0.15, 0.2) is 72.9 Å². The van der Waals surface area contributed by atoms with Crippen molar-refractivity contribution in [2.75, 3.05) is 18.6 Å².